The third-order valence-corrected chi connectivity index (χ3v) is 5.71. The highest BCUT2D eigenvalue weighted by atomic mass is 35.5. The molecule has 28 heavy (non-hydrogen) atoms. The first-order valence-corrected chi connectivity index (χ1v) is 9.86. The van der Waals surface area contributed by atoms with Gasteiger partial charge in [-0.15, -0.1) is 0 Å². The molecule has 146 valence electrons. The number of nitriles is 1. The molecule has 0 spiro atoms. The fourth-order valence-corrected chi connectivity index (χ4v) is 4.05. The van der Waals surface area contributed by atoms with Crippen molar-refractivity contribution in [2.24, 2.45) is 0 Å². The van der Waals surface area contributed by atoms with Crippen LogP contribution in [0.2, 0.25) is 5.02 Å². The smallest absolute Gasteiger partial charge is 0.227 e. The first kappa shape index (κ1) is 18.8. The summed E-state index contributed by atoms with van der Waals surface area (Å²) < 4.78 is 5.42. The first-order valence-electron chi connectivity index (χ1n) is 9.49. The highest BCUT2D eigenvalue weighted by molar-refractivity contribution is 6.33. The van der Waals surface area contributed by atoms with E-state index >= 15 is 0 Å². The van der Waals surface area contributed by atoms with E-state index in [9.17, 15) is 0 Å². The molecule has 1 aromatic heterocycles. The Hall–Kier alpha value is -2.56. The Morgan fingerprint density at radius 1 is 1.21 bits per heavy atom. The van der Waals surface area contributed by atoms with Gasteiger partial charge in [0.2, 0.25) is 5.95 Å². The molecule has 2 aliphatic heterocycles. The van der Waals surface area contributed by atoms with Crippen molar-refractivity contribution in [2.45, 2.75) is 12.5 Å². The summed E-state index contributed by atoms with van der Waals surface area (Å²) in [5.74, 6) is 1.69. The van der Waals surface area contributed by atoms with Crippen molar-refractivity contribution in [3.05, 3.63) is 41.0 Å². The van der Waals surface area contributed by atoms with Crippen molar-refractivity contribution in [2.75, 3.05) is 61.1 Å². The topological polar surface area (TPSA) is 68.5 Å². The van der Waals surface area contributed by atoms with Gasteiger partial charge in [0, 0.05) is 45.5 Å². The van der Waals surface area contributed by atoms with Gasteiger partial charge in [0.1, 0.15) is 5.82 Å². The fraction of sp³-hybridized carbons (Fsp3) is 0.450. The van der Waals surface area contributed by atoms with Crippen LogP contribution in [0.1, 0.15) is 12.0 Å². The zero-order valence-electron chi connectivity index (χ0n) is 15.9. The molecule has 2 saturated heterocycles. The van der Waals surface area contributed by atoms with Gasteiger partial charge in [-0.1, -0.05) is 11.6 Å². The number of halogens is 1. The van der Waals surface area contributed by atoms with Crippen LogP contribution < -0.4 is 14.7 Å². The van der Waals surface area contributed by atoms with E-state index in [1.807, 2.05) is 24.4 Å². The number of morpholine rings is 1. The summed E-state index contributed by atoms with van der Waals surface area (Å²) in [5, 5.41) is 9.65. The van der Waals surface area contributed by atoms with Gasteiger partial charge in [0.25, 0.3) is 0 Å². The normalized spacial score (nSPS) is 19.5. The molecule has 0 amide bonds. The molecule has 0 radical (unpaired) electrons. The van der Waals surface area contributed by atoms with Crippen LogP contribution in [0.3, 0.4) is 0 Å². The lowest BCUT2D eigenvalue weighted by atomic mass is 10.2. The van der Waals surface area contributed by atoms with E-state index in [0.717, 1.165) is 50.1 Å². The number of ether oxygens (including phenoxy) is 1. The van der Waals surface area contributed by atoms with Crippen LogP contribution in [-0.2, 0) is 4.74 Å². The Bertz CT molecular complexity index is 879. The number of aromatic nitrogens is 2. The van der Waals surface area contributed by atoms with Crippen molar-refractivity contribution in [1.82, 2.24) is 9.97 Å². The van der Waals surface area contributed by atoms with Crippen LogP contribution in [0, 0.1) is 11.3 Å². The Labute approximate surface area is 170 Å². The van der Waals surface area contributed by atoms with E-state index in [-0.39, 0.29) is 0 Å². The van der Waals surface area contributed by atoms with Crippen molar-refractivity contribution < 1.29 is 4.74 Å². The predicted molar refractivity (Wildman–Crippen MR) is 110 cm³/mol. The van der Waals surface area contributed by atoms with E-state index in [4.69, 9.17) is 26.6 Å². The van der Waals surface area contributed by atoms with Crippen LogP contribution in [-0.4, -0.2) is 62.5 Å². The summed E-state index contributed by atoms with van der Waals surface area (Å²) in [5.41, 5.74) is 1.56. The first-order chi connectivity index (χ1) is 13.7. The third-order valence-electron chi connectivity index (χ3n) is 5.41. The van der Waals surface area contributed by atoms with Gasteiger partial charge in [-0.3, -0.25) is 0 Å². The van der Waals surface area contributed by atoms with Crippen molar-refractivity contribution in [3.63, 3.8) is 0 Å². The quantitative estimate of drug-likeness (QED) is 0.783. The molecular weight excluding hydrogens is 376 g/mol. The largest absolute Gasteiger partial charge is 0.378 e. The van der Waals surface area contributed by atoms with Gasteiger partial charge >= 0.3 is 0 Å². The Balaban J connectivity index is 1.46. The maximum Gasteiger partial charge on any atom is 0.227 e. The van der Waals surface area contributed by atoms with E-state index in [1.165, 1.54) is 0 Å². The van der Waals surface area contributed by atoms with Crippen molar-refractivity contribution in [3.8, 4) is 6.07 Å². The molecule has 0 N–H and O–H groups in total. The SMILES string of the molecule is CN(c1ccnc(N2CCOCC2)n1)C1CCN(c2ccc(C#N)cc2Cl)C1. The lowest BCUT2D eigenvalue weighted by molar-refractivity contribution is 0.122. The van der Waals surface area contributed by atoms with Gasteiger partial charge in [-0.05, 0) is 30.7 Å². The molecule has 1 unspecified atom stereocenters. The van der Waals surface area contributed by atoms with Gasteiger partial charge < -0.3 is 19.4 Å². The van der Waals surface area contributed by atoms with Gasteiger partial charge in [-0.2, -0.15) is 10.2 Å². The second kappa shape index (κ2) is 8.21. The monoisotopic (exact) mass is 398 g/mol. The van der Waals surface area contributed by atoms with Gasteiger partial charge in [-0.25, -0.2) is 4.98 Å². The highest BCUT2D eigenvalue weighted by Gasteiger charge is 2.28. The predicted octanol–water partition coefficient (Wildman–Crippen LogP) is 2.55. The minimum atomic E-state index is 0.333. The lowest BCUT2D eigenvalue weighted by Crippen LogP contribution is -2.38. The molecule has 7 nitrogen and oxygen atoms in total. The maximum atomic E-state index is 9.02. The maximum absolute atomic E-state index is 9.02. The molecular formula is C20H23ClN6O. The Morgan fingerprint density at radius 2 is 2.04 bits per heavy atom. The van der Waals surface area contributed by atoms with Crippen LogP contribution in [0.25, 0.3) is 0 Å². The zero-order valence-corrected chi connectivity index (χ0v) is 16.6. The Morgan fingerprint density at radius 3 is 2.79 bits per heavy atom. The molecule has 2 aliphatic rings. The number of anilines is 3. The summed E-state index contributed by atoms with van der Waals surface area (Å²) in [6.45, 7) is 4.85. The fourth-order valence-electron chi connectivity index (χ4n) is 3.75. The molecule has 2 aromatic rings. The zero-order chi connectivity index (χ0) is 19.5. The summed E-state index contributed by atoms with van der Waals surface area (Å²) in [6.07, 6.45) is 2.84. The van der Waals surface area contributed by atoms with E-state index < -0.39 is 0 Å². The Kier molecular flexibility index (Phi) is 5.51. The summed E-state index contributed by atoms with van der Waals surface area (Å²) in [7, 11) is 2.08. The van der Waals surface area contributed by atoms with E-state index in [2.05, 4.69) is 32.8 Å². The van der Waals surface area contributed by atoms with Crippen LogP contribution in [0.15, 0.2) is 30.5 Å². The molecule has 0 bridgehead atoms. The van der Waals surface area contributed by atoms with Gasteiger partial charge in [0.05, 0.1) is 35.6 Å². The molecule has 2 fully saturated rings. The number of likely N-dealkylation sites (N-methyl/N-ethyl adjacent to an activating group) is 1. The van der Waals surface area contributed by atoms with Crippen LogP contribution in [0.5, 0.6) is 0 Å². The molecule has 4 rings (SSSR count). The van der Waals surface area contributed by atoms with E-state index in [1.54, 1.807) is 6.07 Å². The molecule has 1 aromatic carbocycles. The summed E-state index contributed by atoms with van der Waals surface area (Å²) in [4.78, 5) is 15.9. The summed E-state index contributed by atoms with van der Waals surface area (Å²) in [6, 6.07) is 9.90. The number of hydrogen-bond donors (Lipinski definition) is 0. The number of hydrogen-bond acceptors (Lipinski definition) is 7. The van der Waals surface area contributed by atoms with Crippen LogP contribution >= 0.6 is 11.6 Å². The standard InChI is InChI=1S/C20H23ClN6O/c1-25(19-4-6-23-20(24-19)26-8-10-28-11-9-26)16-5-7-27(14-16)18-3-2-15(13-22)12-17(18)21/h2-4,6,12,16H,5,7-11,14H2,1H3. The lowest BCUT2D eigenvalue weighted by Gasteiger charge is -2.29. The average Bonchev–Trinajstić information content (AvgIpc) is 3.23. The van der Waals surface area contributed by atoms with Gasteiger partial charge in [0.15, 0.2) is 0 Å². The van der Waals surface area contributed by atoms with Crippen LogP contribution in [0.4, 0.5) is 17.5 Å². The van der Waals surface area contributed by atoms with Crippen molar-refractivity contribution >= 4 is 29.1 Å². The summed E-state index contributed by atoms with van der Waals surface area (Å²) >= 11 is 6.40. The highest BCUT2D eigenvalue weighted by Crippen LogP contribution is 2.31. The number of nitrogens with zero attached hydrogens (tertiary/aromatic N) is 6. The molecule has 0 saturated carbocycles. The molecule has 8 heteroatoms. The third kappa shape index (κ3) is 3.84. The number of rotatable bonds is 4. The second-order valence-corrected chi connectivity index (χ2v) is 7.50. The van der Waals surface area contributed by atoms with Crippen molar-refractivity contribution in [1.29, 1.82) is 5.26 Å². The molecule has 0 aliphatic carbocycles. The number of benzene rings is 1. The van der Waals surface area contributed by atoms with E-state index in [0.29, 0.717) is 29.8 Å². The second-order valence-electron chi connectivity index (χ2n) is 7.09. The average molecular weight is 399 g/mol. The minimum absolute atomic E-state index is 0.333. The minimum Gasteiger partial charge on any atom is -0.378 e. The molecule has 1 atom stereocenters. The molecule has 3 heterocycles.